The maximum atomic E-state index is 12.9. The van der Waals surface area contributed by atoms with Crippen LogP contribution >= 0.6 is 0 Å². The van der Waals surface area contributed by atoms with Crippen LogP contribution in [0, 0.1) is 5.92 Å². The average Bonchev–Trinajstić information content (AvgIpc) is 3.31. The fourth-order valence-electron chi connectivity index (χ4n) is 5.02. The molecule has 1 atom stereocenters. The summed E-state index contributed by atoms with van der Waals surface area (Å²) in [5.41, 5.74) is 1.91. The van der Waals surface area contributed by atoms with Crippen molar-refractivity contribution >= 4 is 17.5 Å². The molecule has 1 fully saturated rings. The summed E-state index contributed by atoms with van der Waals surface area (Å²) >= 11 is 0. The number of methoxy groups -OCH3 is 2. The van der Waals surface area contributed by atoms with Crippen molar-refractivity contribution in [2.24, 2.45) is 5.92 Å². The third-order valence-electron chi connectivity index (χ3n) is 7.03. The van der Waals surface area contributed by atoms with E-state index in [1.165, 1.54) is 14.2 Å². The molecule has 8 heteroatoms. The summed E-state index contributed by atoms with van der Waals surface area (Å²) in [5.74, 6) is -0.654. The molecule has 0 radical (unpaired) electrons. The molecule has 1 heterocycles. The Bertz CT molecular complexity index is 942. The van der Waals surface area contributed by atoms with Gasteiger partial charge in [-0.2, -0.15) is 0 Å². The number of carbonyl (C=O) groups excluding carboxylic acids is 3. The van der Waals surface area contributed by atoms with E-state index in [2.05, 4.69) is 0 Å². The predicted molar refractivity (Wildman–Crippen MR) is 124 cm³/mol. The van der Waals surface area contributed by atoms with Crippen LogP contribution in [0.3, 0.4) is 0 Å². The Balaban J connectivity index is 1.19. The van der Waals surface area contributed by atoms with Crippen LogP contribution < -0.4 is 4.74 Å². The van der Waals surface area contributed by atoms with Crippen molar-refractivity contribution in [1.29, 1.82) is 0 Å². The van der Waals surface area contributed by atoms with Crippen LogP contribution in [-0.2, 0) is 23.8 Å². The number of ketones is 2. The Labute approximate surface area is 200 Å². The molecule has 1 aromatic carbocycles. The number of allylic oxidation sites excluding steroid dienone is 1. The highest BCUT2D eigenvalue weighted by atomic mass is 16.7. The van der Waals surface area contributed by atoms with E-state index in [1.54, 1.807) is 17.0 Å². The first-order chi connectivity index (χ1) is 16.5. The molecule has 0 N–H and O–H groups in total. The average molecular weight is 472 g/mol. The molecule has 1 aliphatic heterocycles. The SMILES string of the molecule is COC1(OC)CC(=O)C2=C(CC(CCCCOc3ccc(C(=O)N4CCOCC4)cc3)C2)C1=O. The molecule has 2 aliphatic carbocycles. The van der Waals surface area contributed by atoms with Crippen molar-refractivity contribution in [2.45, 2.75) is 44.3 Å². The molecule has 4 rings (SSSR count). The molecule has 8 nitrogen and oxygen atoms in total. The predicted octanol–water partition coefficient (Wildman–Crippen LogP) is 2.95. The van der Waals surface area contributed by atoms with Crippen molar-refractivity contribution in [1.82, 2.24) is 4.90 Å². The molecule has 3 aliphatic rings. The van der Waals surface area contributed by atoms with Gasteiger partial charge >= 0.3 is 0 Å². The van der Waals surface area contributed by atoms with Crippen LogP contribution in [0.1, 0.15) is 48.9 Å². The highest BCUT2D eigenvalue weighted by molar-refractivity contribution is 6.15. The molecule has 0 saturated carbocycles. The highest BCUT2D eigenvalue weighted by Crippen LogP contribution is 2.43. The summed E-state index contributed by atoms with van der Waals surface area (Å²) in [6.07, 6.45) is 3.96. The van der Waals surface area contributed by atoms with E-state index in [1.807, 2.05) is 12.1 Å². The van der Waals surface area contributed by atoms with Gasteiger partial charge in [0.15, 0.2) is 5.78 Å². The number of ether oxygens (including phenoxy) is 4. The van der Waals surface area contributed by atoms with Crippen LogP contribution in [0.5, 0.6) is 5.75 Å². The first-order valence-electron chi connectivity index (χ1n) is 12.0. The lowest BCUT2D eigenvalue weighted by atomic mass is 9.86. The van der Waals surface area contributed by atoms with Crippen molar-refractivity contribution in [3.05, 3.63) is 41.0 Å². The second kappa shape index (κ2) is 10.8. The van der Waals surface area contributed by atoms with Crippen LogP contribution in [-0.4, -0.2) is 75.3 Å². The molecule has 0 bridgehead atoms. The summed E-state index contributed by atoms with van der Waals surface area (Å²) in [6.45, 7) is 2.99. The van der Waals surface area contributed by atoms with Crippen LogP contribution in [0.15, 0.2) is 35.4 Å². The van der Waals surface area contributed by atoms with E-state index >= 15 is 0 Å². The zero-order chi connectivity index (χ0) is 24.1. The molecule has 0 spiro atoms. The Morgan fingerprint density at radius 2 is 1.71 bits per heavy atom. The van der Waals surface area contributed by atoms with E-state index in [9.17, 15) is 14.4 Å². The van der Waals surface area contributed by atoms with Gasteiger partial charge in [0.05, 0.1) is 26.2 Å². The van der Waals surface area contributed by atoms with E-state index < -0.39 is 5.79 Å². The van der Waals surface area contributed by atoms with Crippen LogP contribution in [0.25, 0.3) is 0 Å². The van der Waals surface area contributed by atoms with Crippen LogP contribution in [0.4, 0.5) is 0 Å². The first kappa shape index (κ1) is 24.6. The number of rotatable bonds is 9. The fourth-order valence-corrected chi connectivity index (χ4v) is 5.02. The van der Waals surface area contributed by atoms with Gasteiger partial charge in [0.2, 0.25) is 11.6 Å². The monoisotopic (exact) mass is 471 g/mol. The van der Waals surface area contributed by atoms with Crippen LogP contribution in [0.2, 0.25) is 0 Å². The summed E-state index contributed by atoms with van der Waals surface area (Å²) in [6, 6.07) is 7.27. The van der Waals surface area contributed by atoms with Gasteiger partial charge in [0.25, 0.3) is 5.91 Å². The number of nitrogens with zero attached hydrogens (tertiary/aromatic N) is 1. The van der Waals surface area contributed by atoms with Gasteiger partial charge in [0.1, 0.15) is 5.75 Å². The Morgan fingerprint density at radius 1 is 1.03 bits per heavy atom. The largest absolute Gasteiger partial charge is 0.494 e. The second-order valence-corrected chi connectivity index (χ2v) is 9.09. The number of carbonyl (C=O) groups is 3. The van der Waals surface area contributed by atoms with E-state index in [0.717, 1.165) is 25.0 Å². The highest BCUT2D eigenvalue weighted by Gasteiger charge is 2.50. The minimum absolute atomic E-state index is 0.0212. The van der Waals surface area contributed by atoms with Crippen molar-refractivity contribution in [3.63, 3.8) is 0 Å². The fraction of sp³-hybridized carbons (Fsp3) is 0.577. The minimum Gasteiger partial charge on any atom is -0.494 e. The third kappa shape index (κ3) is 5.09. The maximum absolute atomic E-state index is 12.9. The normalized spacial score (nSPS) is 22.2. The summed E-state index contributed by atoms with van der Waals surface area (Å²) in [5, 5.41) is 0. The van der Waals surface area contributed by atoms with Gasteiger partial charge in [-0.1, -0.05) is 0 Å². The standard InChI is InChI=1S/C26H33NO7/c1-31-26(32-2)17-23(28)21-15-18(16-22(21)24(26)29)5-3-4-12-34-20-8-6-19(7-9-20)25(30)27-10-13-33-14-11-27/h6-9,18H,3-5,10-17H2,1-2H3. The quantitative estimate of drug-likeness (QED) is 0.404. The number of hydrogen-bond donors (Lipinski definition) is 0. The molecular formula is C26H33NO7. The second-order valence-electron chi connectivity index (χ2n) is 9.09. The molecule has 184 valence electrons. The zero-order valence-corrected chi connectivity index (χ0v) is 20.0. The molecule has 1 aromatic rings. The summed E-state index contributed by atoms with van der Waals surface area (Å²) < 4.78 is 21.7. The lowest BCUT2D eigenvalue weighted by Gasteiger charge is -2.32. The molecule has 0 aromatic heterocycles. The molecule has 1 unspecified atom stereocenters. The Kier molecular flexibility index (Phi) is 7.80. The molecule has 34 heavy (non-hydrogen) atoms. The molecular weight excluding hydrogens is 438 g/mol. The van der Waals surface area contributed by atoms with Gasteiger partial charge in [-0.15, -0.1) is 0 Å². The minimum atomic E-state index is -1.46. The van der Waals surface area contributed by atoms with Crippen molar-refractivity contribution < 1.29 is 33.3 Å². The van der Waals surface area contributed by atoms with Gasteiger partial charge < -0.3 is 23.8 Å². The molecule has 1 amide bonds. The zero-order valence-electron chi connectivity index (χ0n) is 20.0. The topological polar surface area (TPSA) is 91.4 Å². The van der Waals surface area contributed by atoms with Crippen molar-refractivity contribution in [2.75, 3.05) is 47.1 Å². The van der Waals surface area contributed by atoms with Crippen molar-refractivity contribution in [3.8, 4) is 5.75 Å². The lowest BCUT2D eigenvalue weighted by molar-refractivity contribution is -0.207. The van der Waals surface area contributed by atoms with Gasteiger partial charge in [-0.05, 0) is 62.3 Å². The van der Waals surface area contributed by atoms with E-state index in [0.29, 0.717) is 62.5 Å². The summed E-state index contributed by atoms with van der Waals surface area (Å²) in [4.78, 5) is 39.7. The number of Topliss-reactive ketones (excluding diaryl/α,β-unsaturated/α-hetero) is 2. The Morgan fingerprint density at radius 3 is 2.38 bits per heavy atom. The smallest absolute Gasteiger partial charge is 0.254 e. The van der Waals surface area contributed by atoms with E-state index in [4.69, 9.17) is 18.9 Å². The number of benzene rings is 1. The third-order valence-corrected chi connectivity index (χ3v) is 7.03. The Hall–Kier alpha value is -2.55. The first-order valence-corrected chi connectivity index (χ1v) is 12.0. The van der Waals surface area contributed by atoms with Gasteiger partial charge in [-0.25, -0.2) is 0 Å². The maximum Gasteiger partial charge on any atom is 0.254 e. The number of unbranched alkanes of at least 4 members (excludes halogenated alkanes) is 1. The van der Waals surface area contributed by atoms with Gasteiger partial charge in [-0.3, -0.25) is 14.4 Å². The number of amides is 1. The summed E-state index contributed by atoms with van der Waals surface area (Å²) in [7, 11) is 2.81. The number of hydrogen-bond acceptors (Lipinski definition) is 7. The van der Waals surface area contributed by atoms with Gasteiger partial charge in [0, 0.05) is 44.0 Å². The van der Waals surface area contributed by atoms with E-state index in [-0.39, 0.29) is 29.8 Å². The number of morpholine rings is 1. The molecule has 1 saturated heterocycles. The lowest BCUT2D eigenvalue weighted by Crippen LogP contribution is -2.48.